The third kappa shape index (κ3) is 5.33. The number of nitrogens with one attached hydrogen (secondary N) is 1. The first kappa shape index (κ1) is 14.2. The van der Waals surface area contributed by atoms with E-state index in [9.17, 15) is 4.79 Å². The summed E-state index contributed by atoms with van der Waals surface area (Å²) in [5.41, 5.74) is 0.656. The topological polar surface area (TPSA) is 29.1 Å². The third-order valence-electron chi connectivity index (χ3n) is 2.19. The predicted octanol–water partition coefficient (Wildman–Crippen LogP) is 3.73. The molecule has 0 fully saturated rings. The largest absolute Gasteiger partial charge is 0.341 e. The molecule has 17 heavy (non-hydrogen) atoms. The van der Waals surface area contributed by atoms with E-state index in [1.807, 2.05) is 51.1 Å². The molecule has 4 heteroatoms. The average molecular weight is 267 g/mol. The molecular formula is C13H17NOS2. The van der Waals surface area contributed by atoms with E-state index in [1.165, 1.54) is 11.8 Å². The fourth-order valence-electron chi connectivity index (χ4n) is 1.02. The lowest BCUT2D eigenvalue weighted by Gasteiger charge is -2.16. The molecule has 0 saturated heterocycles. The predicted molar refractivity (Wildman–Crippen MR) is 79.6 cm³/mol. The van der Waals surface area contributed by atoms with Gasteiger partial charge in [-0.1, -0.05) is 63.0 Å². The van der Waals surface area contributed by atoms with Crippen LogP contribution in [-0.2, 0) is 4.79 Å². The lowest BCUT2D eigenvalue weighted by atomic mass is 9.92. The standard InChI is InChI=1S/C13H17NOS2/c1-13(2,3)11(15)9-17-12(16)14-10-7-5-4-6-8-10/h4-8H,9H2,1-3H3,(H,14,16). The highest BCUT2D eigenvalue weighted by molar-refractivity contribution is 8.23. The van der Waals surface area contributed by atoms with Gasteiger partial charge in [-0.25, -0.2) is 0 Å². The number of carbonyl (C=O) groups is 1. The molecule has 0 bridgehead atoms. The highest BCUT2D eigenvalue weighted by Crippen LogP contribution is 2.19. The zero-order valence-electron chi connectivity index (χ0n) is 10.3. The molecule has 0 amide bonds. The number of ketones is 1. The molecule has 2 nitrogen and oxygen atoms in total. The lowest BCUT2D eigenvalue weighted by molar-refractivity contribution is -0.123. The van der Waals surface area contributed by atoms with Crippen molar-refractivity contribution in [3.05, 3.63) is 30.3 Å². The van der Waals surface area contributed by atoms with E-state index in [0.29, 0.717) is 10.1 Å². The molecule has 0 aliphatic carbocycles. The van der Waals surface area contributed by atoms with Crippen LogP contribution in [0.15, 0.2) is 30.3 Å². The molecule has 1 aromatic rings. The van der Waals surface area contributed by atoms with Gasteiger partial charge in [-0.2, -0.15) is 0 Å². The van der Waals surface area contributed by atoms with Crippen LogP contribution in [0, 0.1) is 5.41 Å². The van der Waals surface area contributed by atoms with Crippen molar-refractivity contribution in [1.29, 1.82) is 0 Å². The molecule has 0 aliphatic rings. The van der Waals surface area contributed by atoms with Crippen LogP contribution >= 0.6 is 24.0 Å². The van der Waals surface area contributed by atoms with Gasteiger partial charge in [-0.3, -0.25) is 4.79 Å². The first-order valence-electron chi connectivity index (χ1n) is 5.42. The van der Waals surface area contributed by atoms with Gasteiger partial charge in [0.25, 0.3) is 0 Å². The molecule has 0 heterocycles. The maximum absolute atomic E-state index is 11.7. The molecule has 0 radical (unpaired) electrons. The number of rotatable bonds is 3. The Morgan fingerprint density at radius 1 is 1.29 bits per heavy atom. The van der Waals surface area contributed by atoms with Crippen LogP contribution in [0.3, 0.4) is 0 Å². The number of hydrogen-bond acceptors (Lipinski definition) is 3. The number of para-hydroxylation sites is 1. The molecule has 0 unspecified atom stereocenters. The Hall–Kier alpha value is -0.870. The van der Waals surface area contributed by atoms with Crippen molar-refractivity contribution >= 4 is 39.8 Å². The van der Waals surface area contributed by atoms with Gasteiger partial charge < -0.3 is 5.32 Å². The van der Waals surface area contributed by atoms with E-state index in [4.69, 9.17) is 12.2 Å². The van der Waals surface area contributed by atoms with Crippen LogP contribution < -0.4 is 5.32 Å². The van der Waals surface area contributed by atoms with E-state index in [-0.39, 0.29) is 11.2 Å². The number of thiocarbonyl (C=S) groups is 1. The minimum Gasteiger partial charge on any atom is -0.341 e. The minimum atomic E-state index is -0.296. The van der Waals surface area contributed by atoms with Gasteiger partial charge >= 0.3 is 0 Å². The normalized spacial score (nSPS) is 11.0. The number of carbonyl (C=O) groups excluding carboxylic acids is 1. The molecule has 1 rings (SSSR count). The maximum atomic E-state index is 11.7. The number of hydrogen-bond donors (Lipinski definition) is 1. The zero-order chi connectivity index (χ0) is 12.9. The average Bonchev–Trinajstić information content (AvgIpc) is 2.26. The summed E-state index contributed by atoms with van der Waals surface area (Å²) in [6, 6.07) is 9.72. The second kappa shape index (κ2) is 6.17. The Morgan fingerprint density at radius 2 is 1.88 bits per heavy atom. The van der Waals surface area contributed by atoms with Crippen molar-refractivity contribution in [2.75, 3.05) is 11.1 Å². The van der Waals surface area contributed by atoms with Crippen LogP contribution in [0.4, 0.5) is 5.69 Å². The molecule has 1 aromatic carbocycles. The smallest absolute Gasteiger partial charge is 0.148 e. The Kier molecular flexibility index (Phi) is 5.15. The van der Waals surface area contributed by atoms with Crippen LogP contribution in [0.25, 0.3) is 0 Å². The third-order valence-corrected chi connectivity index (χ3v) is 3.42. The highest BCUT2D eigenvalue weighted by atomic mass is 32.2. The Morgan fingerprint density at radius 3 is 2.41 bits per heavy atom. The summed E-state index contributed by atoms with van der Waals surface area (Å²) in [5.74, 6) is 0.627. The molecule has 0 aliphatic heterocycles. The number of thioether (sulfide) groups is 1. The van der Waals surface area contributed by atoms with Gasteiger partial charge in [0.2, 0.25) is 0 Å². The van der Waals surface area contributed by atoms with Crippen molar-refractivity contribution in [1.82, 2.24) is 0 Å². The quantitative estimate of drug-likeness (QED) is 0.845. The van der Waals surface area contributed by atoms with Crippen molar-refractivity contribution in [3.8, 4) is 0 Å². The lowest BCUT2D eigenvalue weighted by Crippen LogP contribution is -2.23. The minimum absolute atomic E-state index is 0.208. The SMILES string of the molecule is CC(C)(C)C(=O)CSC(=S)Nc1ccccc1. The van der Waals surface area contributed by atoms with E-state index >= 15 is 0 Å². The summed E-state index contributed by atoms with van der Waals surface area (Å²) in [6.45, 7) is 5.76. The Labute approximate surface area is 112 Å². The number of anilines is 1. The Balaban J connectivity index is 2.39. The van der Waals surface area contributed by atoms with E-state index in [1.54, 1.807) is 0 Å². The van der Waals surface area contributed by atoms with Crippen LogP contribution in [0.1, 0.15) is 20.8 Å². The Bertz CT molecular complexity index is 396. The van der Waals surface area contributed by atoms with E-state index in [2.05, 4.69) is 5.32 Å². The number of benzene rings is 1. The number of Topliss-reactive ketones (excluding diaryl/α,β-unsaturated/α-hetero) is 1. The molecule has 0 aromatic heterocycles. The summed E-state index contributed by atoms with van der Waals surface area (Å²) in [7, 11) is 0. The second-order valence-corrected chi connectivity index (χ2v) is 6.39. The molecule has 92 valence electrons. The van der Waals surface area contributed by atoms with Crippen molar-refractivity contribution < 1.29 is 4.79 Å². The summed E-state index contributed by atoms with van der Waals surface area (Å²) >= 11 is 6.55. The van der Waals surface area contributed by atoms with Gasteiger partial charge in [0.1, 0.15) is 10.1 Å². The zero-order valence-corrected chi connectivity index (χ0v) is 12.0. The summed E-state index contributed by atoms with van der Waals surface area (Å²) in [6.07, 6.45) is 0. The van der Waals surface area contributed by atoms with Gasteiger partial charge in [0, 0.05) is 11.1 Å². The van der Waals surface area contributed by atoms with Crippen LogP contribution in [0.5, 0.6) is 0 Å². The fraction of sp³-hybridized carbons (Fsp3) is 0.385. The maximum Gasteiger partial charge on any atom is 0.148 e. The molecule has 0 saturated carbocycles. The van der Waals surface area contributed by atoms with E-state index < -0.39 is 0 Å². The molecule has 0 spiro atoms. The molecule has 0 atom stereocenters. The summed E-state index contributed by atoms with van der Waals surface area (Å²) in [4.78, 5) is 11.7. The summed E-state index contributed by atoms with van der Waals surface area (Å²) < 4.78 is 0.633. The van der Waals surface area contributed by atoms with Gasteiger partial charge in [0.15, 0.2) is 0 Å². The van der Waals surface area contributed by atoms with Crippen molar-refractivity contribution in [3.63, 3.8) is 0 Å². The second-order valence-electron chi connectivity index (χ2n) is 4.74. The van der Waals surface area contributed by atoms with E-state index in [0.717, 1.165) is 5.69 Å². The van der Waals surface area contributed by atoms with Crippen molar-refractivity contribution in [2.24, 2.45) is 5.41 Å². The monoisotopic (exact) mass is 267 g/mol. The molecular weight excluding hydrogens is 250 g/mol. The van der Waals surface area contributed by atoms with Crippen LogP contribution in [0.2, 0.25) is 0 Å². The first-order valence-corrected chi connectivity index (χ1v) is 6.81. The van der Waals surface area contributed by atoms with Crippen LogP contribution in [-0.4, -0.2) is 15.9 Å². The van der Waals surface area contributed by atoms with Gasteiger partial charge in [0.05, 0.1) is 5.75 Å². The highest BCUT2D eigenvalue weighted by Gasteiger charge is 2.21. The summed E-state index contributed by atoms with van der Waals surface area (Å²) in [5, 5.41) is 3.09. The first-order chi connectivity index (χ1) is 7.89. The fourth-order valence-corrected chi connectivity index (χ4v) is 2.20. The van der Waals surface area contributed by atoms with Gasteiger partial charge in [-0.15, -0.1) is 0 Å². The van der Waals surface area contributed by atoms with Gasteiger partial charge in [-0.05, 0) is 12.1 Å². The molecule has 1 N–H and O–H groups in total. The van der Waals surface area contributed by atoms with Crippen molar-refractivity contribution in [2.45, 2.75) is 20.8 Å².